The molecule has 0 aliphatic heterocycles. The van der Waals surface area contributed by atoms with Crippen LogP contribution in [-0.4, -0.2) is 9.97 Å². The highest BCUT2D eigenvalue weighted by Crippen LogP contribution is 2.31. The molecule has 1 heterocycles. The van der Waals surface area contributed by atoms with Crippen LogP contribution in [0.3, 0.4) is 0 Å². The number of nitrogens with two attached hydrogens (primary N) is 1. The van der Waals surface area contributed by atoms with Crippen LogP contribution in [0.25, 0.3) is 16.5 Å². The predicted molar refractivity (Wildman–Crippen MR) is 78.1 cm³/mol. The molecule has 1 aliphatic rings. The van der Waals surface area contributed by atoms with Gasteiger partial charge in [0.2, 0.25) is 0 Å². The van der Waals surface area contributed by atoms with E-state index in [4.69, 9.17) is 12.2 Å². The zero-order chi connectivity index (χ0) is 13.2. The zero-order valence-corrected chi connectivity index (χ0v) is 10.4. The Labute approximate surface area is 111 Å². The Bertz CT molecular complexity index is 748. The Morgan fingerprint density at radius 1 is 1.26 bits per heavy atom. The lowest BCUT2D eigenvalue weighted by molar-refractivity contribution is 1.03. The number of benzene rings is 1. The molecule has 1 aromatic heterocycles. The lowest BCUT2D eigenvalue weighted by Crippen LogP contribution is -1.99. The molecule has 1 aliphatic carbocycles. The van der Waals surface area contributed by atoms with Crippen molar-refractivity contribution in [3.8, 4) is 12.3 Å². The molecule has 2 N–H and O–H groups in total. The molecule has 3 nitrogen and oxygen atoms in total. The van der Waals surface area contributed by atoms with Gasteiger partial charge in [0, 0.05) is 16.6 Å². The first-order valence-electron chi connectivity index (χ1n) is 6.16. The molecule has 2 aromatic rings. The van der Waals surface area contributed by atoms with Gasteiger partial charge in [-0.1, -0.05) is 18.1 Å². The molecule has 3 rings (SSSR count). The van der Waals surface area contributed by atoms with E-state index in [-0.39, 0.29) is 0 Å². The highest BCUT2D eigenvalue weighted by Gasteiger charge is 2.14. The molecular weight excluding hydrogens is 234 g/mol. The number of aromatic nitrogens is 2. The molecule has 0 spiro atoms. The van der Waals surface area contributed by atoms with E-state index in [0.29, 0.717) is 5.69 Å². The van der Waals surface area contributed by atoms with Crippen LogP contribution in [0.4, 0.5) is 5.69 Å². The maximum Gasteiger partial charge on any atom is 0.116 e. The normalized spacial score (nSPS) is 14.7. The van der Waals surface area contributed by atoms with Gasteiger partial charge in [-0.15, -0.1) is 6.42 Å². The highest BCUT2D eigenvalue weighted by atomic mass is 14.8. The third-order valence-corrected chi connectivity index (χ3v) is 3.27. The summed E-state index contributed by atoms with van der Waals surface area (Å²) in [7, 11) is 0. The maximum atomic E-state index is 5.79. The lowest BCUT2D eigenvalue weighted by Gasteiger charge is -2.13. The smallest absolute Gasteiger partial charge is 0.116 e. The lowest BCUT2D eigenvalue weighted by atomic mass is 9.93. The van der Waals surface area contributed by atoms with Crippen molar-refractivity contribution < 1.29 is 0 Å². The fourth-order valence-electron chi connectivity index (χ4n) is 2.36. The second kappa shape index (κ2) is 4.58. The van der Waals surface area contributed by atoms with Crippen molar-refractivity contribution in [2.24, 2.45) is 0 Å². The summed E-state index contributed by atoms with van der Waals surface area (Å²) in [6.07, 6.45) is 13.1. The Hall–Kier alpha value is -2.60. The van der Waals surface area contributed by atoms with Gasteiger partial charge in [0.25, 0.3) is 0 Å². The third kappa shape index (κ3) is 1.98. The Morgan fingerprint density at radius 3 is 3.00 bits per heavy atom. The van der Waals surface area contributed by atoms with Crippen molar-refractivity contribution in [3.05, 3.63) is 47.9 Å². The average Bonchev–Trinajstić information content (AvgIpc) is 2.46. The van der Waals surface area contributed by atoms with Crippen LogP contribution >= 0.6 is 0 Å². The molecule has 92 valence electrons. The predicted octanol–water partition coefficient (Wildman–Crippen LogP) is 2.95. The van der Waals surface area contributed by atoms with Crippen LogP contribution in [0.2, 0.25) is 0 Å². The van der Waals surface area contributed by atoms with Gasteiger partial charge in [-0.2, -0.15) is 0 Å². The van der Waals surface area contributed by atoms with Gasteiger partial charge >= 0.3 is 0 Å². The molecule has 0 fully saturated rings. The van der Waals surface area contributed by atoms with Crippen LogP contribution in [-0.2, 0) is 0 Å². The van der Waals surface area contributed by atoms with E-state index >= 15 is 0 Å². The van der Waals surface area contributed by atoms with E-state index in [2.05, 4.69) is 22.0 Å². The van der Waals surface area contributed by atoms with Crippen LogP contribution in [0.1, 0.15) is 18.5 Å². The van der Waals surface area contributed by atoms with Gasteiger partial charge in [-0.25, -0.2) is 9.97 Å². The maximum absolute atomic E-state index is 5.79. The SMILES string of the molecule is C#CC1=C(c2ncnc3cc(N)ccc23)CCC=C1. The van der Waals surface area contributed by atoms with E-state index < -0.39 is 0 Å². The molecule has 0 unspecified atom stereocenters. The first kappa shape index (κ1) is 11.5. The fourth-order valence-corrected chi connectivity index (χ4v) is 2.36. The summed E-state index contributed by atoms with van der Waals surface area (Å²) < 4.78 is 0. The van der Waals surface area contributed by atoms with E-state index in [1.807, 2.05) is 24.3 Å². The van der Waals surface area contributed by atoms with Crippen molar-refractivity contribution in [2.45, 2.75) is 12.8 Å². The molecule has 0 saturated carbocycles. The highest BCUT2D eigenvalue weighted by molar-refractivity contribution is 5.93. The number of rotatable bonds is 1. The van der Waals surface area contributed by atoms with E-state index in [1.165, 1.54) is 0 Å². The van der Waals surface area contributed by atoms with E-state index in [9.17, 15) is 0 Å². The summed E-state index contributed by atoms with van der Waals surface area (Å²) in [6.45, 7) is 0. The van der Waals surface area contributed by atoms with Crippen molar-refractivity contribution in [3.63, 3.8) is 0 Å². The second-order valence-electron chi connectivity index (χ2n) is 4.48. The number of anilines is 1. The number of nitrogen functional groups attached to an aromatic ring is 1. The molecule has 19 heavy (non-hydrogen) atoms. The minimum Gasteiger partial charge on any atom is -0.399 e. The summed E-state index contributed by atoms with van der Waals surface area (Å²) in [5.41, 5.74) is 10.3. The Balaban J connectivity index is 2.29. The van der Waals surface area contributed by atoms with Gasteiger partial charge in [0.05, 0.1) is 11.2 Å². The van der Waals surface area contributed by atoms with Crippen LogP contribution in [0.15, 0.2) is 42.3 Å². The van der Waals surface area contributed by atoms with Gasteiger partial charge in [0.15, 0.2) is 0 Å². The molecule has 0 atom stereocenters. The minimum atomic E-state index is 0.701. The summed E-state index contributed by atoms with van der Waals surface area (Å²) in [6, 6.07) is 5.68. The standard InChI is InChI=1S/C16H13N3/c1-2-11-5-3-4-6-13(11)16-14-8-7-12(17)9-15(14)18-10-19-16/h1,3,5,7-10H,4,6,17H2. The van der Waals surface area contributed by atoms with Crippen LogP contribution in [0, 0.1) is 12.3 Å². The first-order valence-corrected chi connectivity index (χ1v) is 6.16. The topological polar surface area (TPSA) is 51.8 Å². The monoisotopic (exact) mass is 247 g/mol. The average molecular weight is 247 g/mol. The Morgan fingerprint density at radius 2 is 2.16 bits per heavy atom. The number of fused-ring (bicyclic) bond motifs is 1. The summed E-state index contributed by atoms with van der Waals surface area (Å²) in [4.78, 5) is 8.68. The summed E-state index contributed by atoms with van der Waals surface area (Å²) in [5.74, 6) is 2.74. The van der Waals surface area contributed by atoms with E-state index in [0.717, 1.165) is 40.6 Å². The summed E-state index contributed by atoms with van der Waals surface area (Å²) in [5, 5.41) is 0.995. The molecule has 1 aromatic carbocycles. The molecule has 0 amide bonds. The number of hydrogen-bond acceptors (Lipinski definition) is 3. The number of nitrogens with zero attached hydrogens (tertiary/aromatic N) is 2. The molecule has 0 bridgehead atoms. The van der Waals surface area contributed by atoms with Gasteiger partial charge in [-0.05, 0) is 36.6 Å². The largest absolute Gasteiger partial charge is 0.399 e. The number of hydrogen-bond donors (Lipinski definition) is 1. The van der Waals surface area contributed by atoms with Crippen molar-refractivity contribution >= 4 is 22.2 Å². The third-order valence-electron chi connectivity index (χ3n) is 3.27. The van der Waals surface area contributed by atoms with Gasteiger partial charge in [-0.3, -0.25) is 0 Å². The second-order valence-corrected chi connectivity index (χ2v) is 4.48. The Kier molecular flexibility index (Phi) is 2.77. The van der Waals surface area contributed by atoms with Crippen molar-refractivity contribution in [2.75, 3.05) is 5.73 Å². The molecule has 0 radical (unpaired) electrons. The van der Waals surface area contributed by atoms with Crippen LogP contribution < -0.4 is 5.73 Å². The van der Waals surface area contributed by atoms with Gasteiger partial charge in [0.1, 0.15) is 6.33 Å². The number of terminal acetylenes is 1. The quantitative estimate of drug-likeness (QED) is 0.622. The fraction of sp³-hybridized carbons (Fsp3) is 0.125. The zero-order valence-electron chi connectivity index (χ0n) is 10.4. The van der Waals surface area contributed by atoms with Crippen LogP contribution in [0.5, 0.6) is 0 Å². The van der Waals surface area contributed by atoms with Crippen molar-refractivity contribution in [1.82, 2.24) is 9.97 Å². The summed E-state index contributed by atoms with van der Waals surface area (Å²) >= 11 is 0. The van der Waals surface area contributed by atoms with Crippen molar-refractivity contribution in [1.29, 1.82) is 0 Å². The molecule has 0 saturated heterocycles. The minimum absolute atomic E-state index is 0.701. The van der Waals surface area contributed by atoms with E-state index in [1.54, 1.807) is 6.33 Å². The van der Waals surface area contributed by atoms with Gasteiger partial charge < -0.3 is 5.73 Å². The molecular formula is C16H13N3. The first-order chi connectivity index (χ1) is 9.29. The molecule has 3 heteroatoms. The number of allylic oxidation sites excluding steroid dienone is 4.